The van der Waals surface area contributed by atoms with Gasteiger partial charge < -0.3 is 5.11 Å². The molecule has 0 saturated carbocycles. The molecule has 2 rings (SSSR count). The summed E-state index contributed by atoms with van der Waals surface area (Å²) in [5.74, 6) is -1.08. The minimum absolute atomic E-state index is 0.259. The normalized spacial score (nSPS) is 11.9. The highest BCUT2D eigenvalue weighted by Crippen LogP contribution is 2.36. The summed E-state index contributed by atoms with van der Waals surface area (Å²) >= 11 is 6.97. The first-order chi connectivity index (χ1) is 9.99. The number of hydrogen-bond acceptors (Lipinski definition) is 3. The standard InChI is InChI=1S/C16H13ClO3S/c1-10(18)21-15(16(19)20)13-8-7-12(9-14(13)17)11-5-3-2-4-6-11/h2-9,15H,1H3,(H,19,20). The summed E-state index contributed by atoms with van der Waals surface area (Å²) in [7, 11) is 0. The molecule has 21 heavy (non-hydrogen) atoms. The fourth-order valence-corrected chi connectivity index (χ4v) is 3.08. The Bertz CT molecular complexity index is 670. The van der Waals surface area contributed by atoms with Crippen molar-refractivity contribution < 1.29 is 14.7 Å². The fourth-order valence-electron chi connectivity index (χ4n) is 1.96. The summed E-state index contributed by atoms with van der Waals surface area (Å²) in [6, 6.07) is 14.9. The molecular formula is C16H13ClO3S. The first kappa shape index (κ1) is 15.6. The number of benzene rings is 2. The third-order valence-electron chi connectivity index (χ3n) is 2.90. The largest absolute Gasteiger partial charge is 0.480 e. The van der Waals surface area contributed by atoms with Gasteiger partial charge >= 0.3 is 5.97 Å². The van der Waals surface area contributed by atoms with Crippen molar-refractivity contribution in [2.45, 2.75) is 12.2 Å². The Morgan fingerprint density at radius 2 is 1.76 bits per heavy atom. The highest BCUT2D eigenvalue weighted by Gasteiger charge is 2.25. The molecule has 0 amide bonds. The summed E-state index contributed by atoms with van der Waals surface area (Å²) in [4.78, 5) is 22.5. The van der Waals surface area contributed by atoms with Gasteiger partial charge in [-0.1, -0.05) is 65.8 Å². The lowest BCUT2D eigenvalue weighted by molar-refractivity contribution is -0.136. The number of aliphatic carboxylic acids is 1. The van der Waals surface area contributed by atoms with E-state index in [0.717, 1.165) is 22.9 Å². The summed E-state index contributed by atoms with van der Waals surface area (Å²) in [5, 5.41) is 8.35. The summed E-state index contributed by atoms with van der Waals surface area (Å²) in [5.41, 5.74) is 2.34. The number of thioether (sulfide) groups is 1. The molecule has 0 aliphatic rings. The maximum atomic E-state index is 11.3. The molecule has 0 aliphatic carbocycles. The van der Waals surface area contributed by atoms with Crippen LogP contribution in [0.2, 0.25) is 5.02 Å². The molecule has 0 fully saturated rings. The summed E-state index contributed by atoms with van der Waals surface area (Å²) in [6.45, 7) is 1.34. The molecule has 0 bridgehead atoms. The van der Waals surface area contributed by atoms with Crippen molar-refractivity contribution in [1.29, 1.82) is 0 Å². The molecule has 0 aliphatic heterocycles. The lowest BCUT2D eigenvalue weighted by Gasteiger charge is -2.13. The van der Waals surface area contributed by atoms with Crippen LogP contribution in [0.15, 0.2) is 48.5 Å². The lowest BCUT2D eigenvalue weighted by Crippen LogP contribution is -2.10. The summed E-state index contributed by atoms with van der Waals surface area (Å²) in [6.07, 6.45) is 0. The summed E-state index contributed by atoms with van der Waals surface area (Å²) < 4.78 is 0. The van der Waals surface area contributed by atoms with Crippen LogP contribution in [0.25, 0.3) is 11.1 Å². The first-order valence-corrected chi connectivity index (χ1v) is 7.49. The second-order valence-electron chi connectivity index (χ2n) is 4.43. The second kappa shape index (κ2) is 6.78. The van der Waals surface area contributed by atoms with Crippen molar-refractivity contribution in [3.05, 3.63) is 59.1 Å². The molecule has 0 aromatic heterocycles. The van der Waals surface area contributed by atoms with Gasteiger partial charge in [-0.05, 0) is 22.8 Å². The van der Waals surface area contributed by atoms with E-state index in [2.05, 4.69) is 0 Å². The third-order valence-corrected chi connectivity index (χ3v) is 4.25. The molecule has 0 spiro atoms. The highest BCUT2D eigenvalue weighted by molar-refractivity contribution is 8.14. The maximum absolute atomic E-state index is 11.3. The van der Waals surface area contributed by atoms with Crippen molar-refractivity contribution >= 4 is 34.4 Å². The molecule has 5 heteroatoms. The predicted octanol–water partition coefficient (Wildman–Crippen LogP) is 4.41. The van der Waals surface area contributed by atoms with E-state index < -0.39 is 11.2 Å². The van der Waals surface area contributed by atoms with Crippen molar-refractivity contribution in [3.63, 3.8) is 0 Å². The Morgan fingerprint density at radius 1 is 1.10 bits per heavy atom. The average molecular weight is 321 g/mol. The Kier molecular flexibility index (Phi) is 5.04. The van der Waals surface area contributed by atoms with Crippen LogP contribution in [-0.2, 0) is 9.59 Å². The Balaban J connectivity index is 2.38. The van der Waals surface area contributed by atoms with E-state index in [1.165, 1.54) is 6.92 Å². The van der Waals surface area contributed by atoms with Crippen LogP contribution >= 0.6 is 23.4 Å². The third kappa shape index (κ3) is 3.86. The van der Waals surface area contributed by atoms with Gasteiger partial charge in [-0.2, -0.15) is 0 Å². The smallest absolute Gasteiger partial charge is 0.321 e. The molecule has 1 unspecified atom stereocenters. The molecule has 108 valence electrons. The van der Waals surface area contributed by atoms with Gasteiger partial charge in [0.1, 0.15) is 5.25 Å². The van der Waals surface area contributed by atoms with E-state index >= 15 is 0 Å². The van der Waals surface area contributed by atoms with E-state index in [1.54, 1.807) is 12.1 Å². The quantitative estimate of drug-likeness (QED) is 0.906. The van der Waals surface area contributed by atoms with Gasteiger partial charge in [0.2, 0.25) is 0 Å². The first-order valence-electron chi connectivity index (χ1n) is 6.24. The minimum Gasteiger partial charge on any atom is -0.480 e. The lowest BCUT2D eigenvalue weighted by atomic mass is 10.0. The highest BCUT2D eigenvalue weighted by atomic mass is 35.5. The number of carboxylic acid groups (broad SMARTS) is 1. The van der Waals surface area contributed by atoms with Gasteiger partial charge in [-0.25, -0.2) is 0 Å². The number of carbonyl (C=O) groups is 2. The predicted molar refractivity (Wildman–Crippen MR) is 85.5 cm³/mol. The molecule has 1 N–H and O–H groups in total. The van der Waals surface area contributed by atoms with Crippen LogP contribution in [-0.4, -0.2) is 16.2 Å². The SMILES string of the molecule is CC(=O)SC(C(=O)O)c1ccc(-c2ccccc2)cc1Cl. The van der Waals surface area contributed by atoms with Crippen molar-refractivity contribution in [2.24, 2.45) is 0 Å². The van der Waals surface area contributed by atoms with Gasteiger partial charge in [0.25, 0.3) is 0 Å². The van der Waals surface area contributed by atoms with E-state index in [4.69, 9.17) is 11.6 Å². The minimum atomic E-state index is -1.08. The van der Waals surface area contributed by atoms with E-state index in [-0.39, 0.29) is 5.12 Å². The molecule has 1 atom stereocenters. The van der Waals surface area contributed by atoms with Gasteiger partial charge in [0, 0.05) is 11.9 Å². The molecular weight excluding hydrogens is 308 g/mol. The Labute approximate surface area is 131 Å². The van der Waals surface area contributed by atoms with Crippen molar-refractivity contribution in [2.75, 3.05) is 0 Å². The van der Waals surface area contributed by atoms with Crippen LogP contribution in [0.4, 0.5) is 0 Å². The van der Waals surface area contributed by atoms with E-state index in [9.17, 15) is 14.7 Å². The van der Waals surface area contributed by atoms with E-state index in [1.807, 2.05) is 36.4 Å². The van der Waals surface area contributed by atoms with Gasteiger partial charge in [0.05, 0.1) is 0 Å². The second-order valence-corrected chi connectivity index (χ2v) is 6.12. The van der Waals surface area contributed by atoms with E-state index in [0.29, 0.717) is 10.6 Å². The van der Waals surface area contributed by atoms with Crippen LogP contribution in [0.3, 0.4) is 0 Å². The molecule has 0 heterocycles. The molecule has 2 aromatic rings. The zero-order chi connectivity index (χ0) is 15.4. The van der Waals surface area contributed by atoms with Gasteiger partial charge in [-0.15, -0.1) is 0 Å². The van der Waals surface area contributed by atoms with Crippen LogP contribution in [0.5, 0.6) is 0 Å². The van der Waals surface area contributed by atoms with Gasteiger partial charge in [-0.3, -0.25) is 9.59 Å². The zero-order valence-electron chi connectivity index (χ0n) is 11.2. The topological polar surface area (TPSA) is 54.4 Å². The van der Waals surface area contributed by atoms with Crippen LogP contribution < -0.4 is 0 Å². The number of rotatable bonds is 4. The number of hydrogen-bond donors (Lipinski definition) is 1. The Morgan fingerprint density at radius 3 is 2.29 bits per heavy atom. The molecule has 0 saturated heterocycles. The zero-order valence-corrected chi connectivity index (χ0v) is 12.8. The van der Waals surface area contributed by atoms with Crippen molar-refractivity contribution in [3.8, 4) is 11.1 Å². The van der Waals surface area contributed by atoms with Crippen LogP contribution in [0, 0.1) is 0 Å². The molecule has 0 radical (unpaired) electrons. The molecule has 2 aromatic carbocycles. The Hall–Kier alpha value is -1.78. The number of carbonyl (C=O) groups excluding carboxylic acids is 1. The molecule has 3 nitrogen and oxygen atoms in total. The average Bonchev–Trinajstić information content (AvgIpc) is 2.45. The maximum Gasteiger partial charge on any atom is 0.321 e. The monoisotopic (exact) mass is 320 g/mol. The number of halogens is 1. The fraction of sp³-hybridized carbons (Fsp3) is 0.125. The van der Waals surface area contributed by atoms with Crippen LogP contribution in [0.1, 0.15) is 17.7 Å². The van der Waals surface area contributed by atoms with Gasteiger partial charge in [0.15, 0.2) is 5.12 Å². The number of carboxylic acids is 1. The van der Waals surface area contributed by atoms with Crippen molar-refractivity contribution in [1.82, 2.24) is 0 Å².